The number of rotatable bonds is 7. The maximum Gasteiger partial charge on any atom is 0.338 e. The molecule has 8 nitrogen and oxygen atoms in total. The van der Waals surface area contributed by atoms with Crippen molar-refractivity contribution in [2.45, 2.75) is 6.61 Å². The third kappa shape index (κ3) is 4.69. The number of nitro groups is 1. The first-order chi connectivity index (χ1) is 13.9. The number of nitro benzene ring substituents is 1. The summed E-state index contributed by atoms with van der Waals surface area (Å²) in [5, 5.41) is 13.9. The lowest BCUT2D eigenvalue weighted by molar-refractivity contribution is -0.384. The average molecular weight is 413 g/mol. The zero-order valence-electron chi connectivity index (χ0n) is 16.1. The summed E-state index contributed by atoms with van der Waals surface area (Å²) in [7, 11) is 4.99. The van der Waals surface area contributed by atoms with Crippen LogP contribution in [-0.2, 0) is 11.3 Å². The summed E-state index contributed by atoms with van der Waals surface area (Å²) in [5.74, 6) is 0.0859. The second-order valence-electron chi connectivity index (χ2n) is 6.31. The number of anilines is 1. The van der Waals surface area contributed by atoms with Gasteiger partial charge in [0, 0.05) is 31.1 Å². The molecule has 0 saturated carbocycles. The Morgan fingerprint density at radius 2 is 2.03 bits per heavy atom. The molecule has 0 amide bonds. The molecule has 0 atom stereocenters. The first kappa shape index (κ1) is 20.3. The summed E-state index contributed by atoms with van der Waals surface area (Å²) < 4.78 is 10.5. The van der Waals surface area contributed by atoms with Crippen molar-refractivity contribution in [3.05, 3.63) is 69.2 Å². The van der Waals surface area contributed by atoms with E-state index in [0.29, 0.717) is 11.4 Å². The van der Waals surface area contributed by atoms with Crippen LogP contribution in [0.2, 0.25) is 0 Å². The first-order valence-corrected chi connectivity index (χ1v) is 9.48. The van der Waals surface area contributed by atoms with E-state index in [9.17, 15) is 14.9 Å². The Bertz CT molecular complexity index is 1050. The number of thiazole rings is 1. The van der Waals surface area contributed by atoms with Crippen molar-refractivity contribution in [3.63, 3.8) is 0 Å². The van der Waals surface area contributed by atoms with Gasteiger partial charge >= 0.3 is 5.97 Å². The molecule has 0 aliphatic rings. The van der Waals surface area contributed by atoms with Gasteiger partial charge in [0.15, 0.2) is 0 Å². The van der Waals surface area contributed by atoms with Crippen LogP contribution in [0.4, 0.5) is 11.4 Å². The number of hydrogen-bond acceptors (Lipinski definition) is 8. The van der Waals surface area contributed by atoms with Gasteiger partial charge in [-0.25, -0.2) is 9.78 Å². The predicted octanol–water partition coefficient (Wildman–Crippen LogP) is 4.15. The fraction of sp³-hybridized carbons (Fsp3) is 0.200. The molecular formula is C20H19N3O5S. The second-order valence-corrected chi connectivity index (χ2v) is 7.17. The van der Waals surface area contributed by atoms with Gasteiger partial charge in [-0.1, -0.05) is 12.1 Å². The van der Waals surface area contributed by atoms with E-state index in [1.165, 1.54) is 29.5 Å². The zero-order chi connectivity index (χ0) is 21.0. The zero-order valence-corrected chi connectivity index (χ0v) is 16.9. The minimum atomic E-state index is -0.644. The van der Waals surface area contributed by atoms with Crippen LogP contribution in [-0.4, -0.2) is 37.1 Å². The summed E-state index contributed by atoms with van der Waals surface area (Å²) >= 11 is 1.43. The van der Waals surface area contributed by atoms with Gasteiger partial charge in [-0.05, 0) is 24.3 Å². The van der Waals surface area contributed by atoms with Crippen LogP contribution >= 0.6 is 11.3 Å². The molecule has 0 radical (unpaired) electrons. The summed E-state index contributed by atoms with van der Waals surface area (Å²) in [6.07, 6.45) is 0. The molecule has 150 valence electrons. The highest BCUT2D eigenvalue weighted by atomic mass is 32.1. The largest absolute Gasteiger partial charge is 0.497 e. The van der Waals surface area contributed by atoms with Crippen molar-refractivity contribution in [1.29, 1.82) is 0 Å². The Morgan fingerprint density at radius 3 is 2.72 bits per heavy atom. The number of carbonyl (C=O) groups is 1. The van der Waals surface area contributed by atoms with Crippen molar-refractivity contribution in [2.75, 3.05) is 26.1 Å². The van der Waals surface area contributed by atoms with E-state index in [1.54, 1.807) is 31.5 Å². The van der Waals surface area contributed by atoms with Crippen LogP contribution < -0.4 is 9.64 Å². The molecule has 1 heterocycles. The highest BCUT2D eigenvalue weighted by Crippen LogP contribution is 2.29. The van der Waals surface area contributed by atoms with E-state index in [4.69, 9.17) is 9.47 Å². The van der Waals surface area contributed by atoms with Crippen molar-refractivity contribution < 1.29 is 19.2 Å². The van der Waals surface area contributed by atoms with Crippen molar-refractivity contribution in [3.8, 4) is 16.3 Å². The van der Waals surface area contributed by atoms with Crippen LogP contribution in [0.3, 0.4) is 0 Å². The van der Waals surface area contributed by atoms with E-state index >= 15 is 0 Å². The lowest BCUT2D eigenvalue weighted by atomic mass is 10.1. The molecule has 29 heavy (non-hydrogen) atoms. The quantitative estimate of drug-likeness (QED) is 0.326. The predicted molar refractivity (Wildman–Crippen MR) is 111 cm³/mol. The number of benzene rings is 2. The molecule has 1 aromatic heterocycles. The minimum Gasteiger partial charge on any atom is -0.497 e. The van der Waals surface area contributed by atoms with Gasteiger partial charge in [0.05, 0.1) is 23.3 Å². The number of hydrogen-bond donors (Lipinski definition) is 0. The van der Waals surface area contributed by atoms with Crippen LogP contribution in [0.15, 0.2) is 47.8 Å². The maximum atomic E-state index is 12.3. The van der Waals surface area contributed by atoms with Crippen LogP contribution in [0, 0.1) is 10.1 Å². The van der Waals surface area contributed by atoms with E-state index in [-0.39, 0.29) is 17.9 Å². The molecule has 0 aliphatic heterocycles. The van der Waals surface area contributed by atoms with Gasteiger partial charge < -0.3 is 14.4 Å². The van der Waals surface area contributed by atoms with Gasteiger partial charge in [-0.2, -0.15) is 0 Å². The van der Waals surface area contributed by atoms with Gasteiger partial charge in [-0.3, -0.25) is 10.1 Å². The lowest BCUT2D eigenvalue weighted by Crippen LogP contribution is -2.12. The Hall–Kier alpha value is -3.46. The van der Waals surface area contributed by atoms with E-state index < -0.39 is 10.9 Å². The highest BCUT2D eigenvalue weighted by molar-refractivity contribution is 7.13. The van der Waals surface area contributed by atoms with Crippen molar-refractivity contribution in [1.82, 2.24) is 4.98 Å². The highest BCUT2D eigenvalue weighted by Gasteiger charge is 2.20. The Morgan fingerprint density at radius 1 is 1.24 bits per heavy atom. The molecule has 2 aromatic carbocycles. The SMILES string of the molecule is COc1cccc(-c2nc(COC(=O)c3ccc(N(C)C)c([N+](=O)[O-])c3)cs2)c1. The molecule has 0 unspecified atom stereocenters. The smallest absolute Gasteiger partial charge is 0.338 e. The van der Waals surface area contributed by atoms with Crippen molar-refractivity contribution in [2.24, 2.45) is 0 Å². The molecule has 3 rings (SSSR count). The second kappa shape index (κ2) is 8.70. The third-order valence-corrected chi connectivity index (χ3v) is 5.05. The monoisotopic (exact) mass is 413 g/mol. The molecule has 0 saturated heterocycles. The molecule has 0 N–H and O–H groups in total. The summed E-state index contributed by atoms with van der Waals surface area (Å²) in [6, 6.07) is 11.8. The number of nitrogens with zero attached hydrogens (tertiary/aromatic N) is 3. The minimum absolute atomic E-state index is 0.0253. The van der Waals surface area contributed by atoms with Gasteiger partial charge in [0.25, 0.3) is 5.69 Å². The Labute approximate surface area is 171 Å². The number of ether oxygens (including phenoxy) is 2. The summed E-state index contributed by atoms with van der Waals surface area (Å²) in [4.78, 5) is 29.2. The molecule has 9 heteroatoms. The molecule has 0 bridgehead atoms. The standard InChI is InChI=1S/C20H19N3O5S/c1-22(2)17-8-7-14(10-18(17)23(25)26)20(24)28-11-15-12-29-19(21-15)13-5-4-6-16(9-13)27-3/h4-10,12H,11H2,1-3H3. The fourth-order valence-corrected chi connectivity index (χ4v) is 3.46. The van der Waals surface area contributed by atoms with Gasteiger partial charge in [0.2, 0.25) is 0 Å². The molecule has 3 aromatic rings. The Balaban J connectivity index is 1.70. The molecule has 0 spiro atoms. The van der Waals surface area contributed by atoms with Crippen LogP contribution in [0.1, 0.15) is 16.1 Å². The van der Waals surface area contributed by atoms with Crippen LogP contribution in [0.25, 0.3) is 10.6 Å². The fourth-order valence-electron chi connectivity index (χ4n) is 2.66. The number of esters is 1. The van der Waals surface area contributed by atoms with Gasteiger partial charge in [0.1, 0.15) is 23.1 Å². The number of aromatic nitrogens is 1. The summed E-state index contributed by atoms with van der Waals surface area (Å²) in [6.45, 7) is -0.0253. The topological polar surface area (TPSA) is 94.8 Å². The van der Waals surface area contributed by atoms with E-state index in [1.807, 2.05) is 24.3 Å². The molecule has 0 fully saturated rings. The normalized spacial score (nSPS) is 10.4. The first-order valence-electron chi connectivity index (χ1n) is 8.60. The molecule has 0 aliphatic carbocycles. The number of methoxy groups -OCH3 is 1. The Kier molecular flexibility index (Phi) is 6.08. The third-order valence-electron chi connectivity index (χ3n) is 4.11. The van der Waals surface area contributed by atoms with Crippen LogP contribution in [0.5, 0.6) is 5.75 Å². The maximum absolute atomic E-state index is 12.3. The average Bonchev–Trinajstić information content (AvgIpc) is 3.20. The van der Waals surface area contributed by atoms with Gasteiger partial charge in [-0.15, -0.1) is 11.3 Å². The van der Waals surface area contributed by atoms with E-state index in [0.717, 1.165) is 16.3 Å². The lowest BCUT2D eigenvalue weighted by Gasteiger charge is -2.13. The van der Waals surface area contributed by atoms with Crippen molar-refractivity contribution >= 4 is 28.7 Å². The summed E-state index contributed by atoms with van der Waals surface area (Å²) in [5.41, 5.74) is 1.88. The van der Waals surface area contributed by atoms with E-state index in [2.05, 4.69) is 4.98 Å². The molecular weight excluding hydrogens is 394 g/mol. The number of carbonyl (C=O) groups excluding carboxylic acids is 1.